The van der Waals surface area contributed by atoms with E-state index >= 15 is 0 Å². The molecule has 134 valence electrons. The van der Waals surface area contributed by atoms with E-state index in [1.54, 1.807) is 6.92 Å². The first kappa shape index (κ1) is 17.2. The normalized spacial score (nSPS) is 14.0. The van der Waals surface area contributed by atoms with Crippen LogP contribution in [0.4, 0.5) is 0 Å². The van der Waals surface area contributed by atoms with E-state index in [9.17, 15) is 9.59 Å². The van der Waals surface area contributed by atoms with Gasteiger partial charge in [-0.15, -0.1) is 10.2 Å². The molecule has 0 bridgehead atoms. The molecule has 1 aliphatic heterocycles. The standard InChI is InChI=1S/C17H22N4O4/c1-2-12-11(17(23)24)10-13(25-12)16(22)18-8-7-15-20-19-14-6-4-3-5-9-21(14)15/h10H,2-9H2,1H3,(H,18,22)(H,23,24). The number of fused-ring (bicyclic) bond motifs is 1. The van der Waals surface area contributed by atoms with Crippen molar-refractivity contribution >= 4 is 11.9 Å². The lowest BCUT2D eigenvalue weighted by molar-refractivity contribution is 0.0694. The summed E-state index contributed by atoms with van der Waals surface area (Å²) in [4.78, 5) is 23.3. The smallest absolute Gasteiger partial charge is 0.339 e. The molecule has 0 saturated carbocycles. The third-order valence-electron chi connectivity index (χ3n) is 4.40. The Morgan fingerprint density at radius 3 is 2.88 bits per heavy atom. The van der Waals surface area contributed by atoms with Gasteiger partial charge in [-0.25, -0.2) is 4.79 Å². The van der Waals surface area contributed by atoms with Gasteiger partial charge in [-0.2, -0.15) is 0 Å². The topological polar surface area (TPSA) is 110 Å². The van der Waals surface area contributed by atoms with Crippen LogP contribution in [0.2, 0.25) is 0 Å². The van der Waals surface area contributed by atoms with E-state index in [0.717, 1.165) is 37.5 Å². The minimum absolute atomic E-state index is 0.0225. The molecule has 0 saturated heterocycles. The Morgan fingerprint density at radius 1 is 1.32 bits per heavy atom. The van der Waals surface area contributed by atoms with Crippen LogP contribution in [0.15, 0.2) is 10.5 Å². The zero-order chi connectivity index (χ0) is 17.8. The number of nitrogens with zero attached hydrogens (tertiary/aromatic N) is 3. The molecule has 3 rings (SSSR count). The first-order valence-corrected chi connectivity index (χ1v) is 8.65. The van der Waals surface area contributed by atoms with Gasteiger partial charge in [-0.05, 0) is 12.8 Å². The van der Waals surface area contributed by atoms with E-state index < -0.39 is 11.9 Å². The molecule has 1 amide bonds. The van der Waals surface area contributed by atoms with Crippen LogP contribution in [0.25, 0.3) is 0 Å². The van der Waals surface area contributed by atoms with Gasteiger partial charge in [0.15, 0.2) is 5.76 Å². The summed E-state index contributed by atoms with van der Waals surface area (Å²) in [5, 5.41) is 20.3. The van der Waals surface area contributed by atoms with Crippen LogP contribution in [0, 0.1) is 0 Å². The summed E-state index contributed by atoms with van der Waals surface area (Å²) in [6.45, 7) is 3.09. The van der Waals surface area contributed by atoms with Crippen molar-refractivity contribution in [2.75, 3.05) is 6.54 Å². The molecule has 8 nitrogen and oxygen atoms in total. The number of amides is 1. The number of nitrogens with one attached hydrogen (secondary N) is 1. The SMILES string of the molecule is CCc1oc(C(=O)NCCc2nnc3n2CCCCC3)cc1C(=O)O. The summed E-state index contributed by atoms with van der Waals surface area (Å²) in [6, 6.07) is 1.28. The minimum atomic E-state index is -1.09. The lowest BCUT2D eigenvalue weighted by Gasteiger charge is -2.07. The Kier molecular flexibility index (Phi) is 5.16. The second-order valence-electron chi connectivity index (χ2n) is 6.11. The molecular formula is C17H22N4O4. The zero-order valence-corrected chi connectivity index (χ0v) is 14.2. The van der Waals surface area contributed by atoms with Crippen LogP contribution in [-0.4, -0.2) is 38.3 Å². The predicted octanol–water partition coefficient (Wildman–Crippen LogP) is 1.83. The van der Waals surface area contributed by atoms with Gasteiger partial charge in [0, 0.05) is 38.4 Å². The number of furan rings is 1. The van der Waals surface area contributed by atoms with Crippen LogP contribution in [-0.2, 0) is 25.8 Å². The van der Waals surface area contributed by atoms with Crippen LogP contribution < -0.4 is 5.32 Å². The largest absolute Gasteiger partial charge is 0.478 e. The van der Waals surface area contributed by atoms with Crippen LogP contribution in [0.1, 0.15) is 64.5 Å². The highest BCUT2D eigenvalue weighted by Crippen LogP contribution is 2.17. The minimum Gasteiger partial charge on any atom is -0.478 e. The van der Waals surface area contributed by atoms with Crippen molar-refractivity contribution in [1.29, 1.82) is 0 Å². The molecule has 3 heterocycles. The van der Waals surface area contributed by atoms with E-state index in [-0.39, 0.29) is 11.3 Å². The highest BCUT2D eigenvalue weighted by Gasteiger charge is 2.20. The number of aromatic carboxylic acids is 1. The molecular weight excluding hydrogens is 324 g/mol. The van der Waals surface area contributed by atoms with Crippen LogP contribution in [0.5, 0.6) is 0 Å². The van der Waals surface area contributed by atoms with Gasteiger partial charge in [-0.1, -0.05) is 13.3 Å². The van der Waals surface area contributed by atoms with Gasteiger partial charge >= 0.3 is 5.97 Å². The number of hydrogen-bond acceptors (Lipinski definition) is 5. The number of rotatable bonds is 6. The first-order chi connectivity index (χ1) is 12.1. The van der Waals surface area contributed by atoms with Gasteiger partial charge in [0.05, 0.1) is 0 Å². The maximum Gasteiger partial charge on any atom is 0.339 e. The fourth-order valence-corrected chi connectivity index (χ4v) is 3.09. The number of carboxylic acids is 1. The Bertz CT molecular complexity index is 778. The number of aryl methyl sites for hydroxylation is 2. The Labute approximate surface area is 145 Å². The molecule has 0 unspecified atom stereocenters. The fraction of sp³-hybridized carbons (Fsp3) is 0.529. The van der Waals surface area contributed by atoms with Gasteiger partial charge < -0.3 is 19.4 Å². The van der Waals surface area contributed by atoms with E-state index in [4.69, 9.17) is 9.52 Å². The van der Waals surface area contributed by atoms with Gasteiger partial charge in [0.2, 0.25) is 0 Å². The van der Waals surface area contributed by atoms with Crippen molar-refractivity contribution in [3.8, 4) is 0 Å². The lowest BCUT2D eigenvalue weighted by Crippen LogP contribution is -2.26. The van der Waals surface area contributed by atoms with E-state index in [1.807, 2.05) is 0 Å². The van der Waals surface area contributed by atoms with Crippen LogP contribution >= 0.6 is 0 Å². The molecule has 1 aliphatic rings. The average Bonchev–Trinajstić information content (AvgIpc) is 3.12. The number of carbonyl (C=O) groups is 2. The average molecular weight is 346 g/mol. The Morgan fingerprint density at radius 2 is 2.16 bits per heavy atom. The molecule has 25 heavy (non-hydrogen) atoms. The summed E-state index contributed by atoms with van der Waals surface area (Å²) < 4.78 is 7.50. The molecule has 0 aromatic carbocycles. The van der Waals surface area contributed by atoms with E-state index in [2.05, 4.69) is 20.1 Å². The third-order valence-corrected chi connectivity index (χ3v) is 4.40. The van der Waals surface area contributed by atoms with Crippen molar-refractivity contribution in [2.24, 2.45) is 0 Å². The maximum absolute atomic E-state index is 12.2. The van der Waals surface area contributed by atoms with Crippen molar-refractivity contribution < 1.29 is 19.1 Å². The number of carbonyl (C=O) groups excluding carboxylic acids is 1. The molecule has 0 spiro atoms. The summed E-state index contributed by atoms with van der Waals surface area (Å²) in [5.74, 6) is 0.707. The van der Waals surface area contributed by atoms with Crippen molar-refractivity contribution in [2.45, 2.75) is 52.0 Å². The van der Waals surface area contributed by atoms with Crippen LogP contribution in [0.3, 0.4) is 0 Å². The predicted molar refractivity (Wildman–Crippen MR) is 88.7 cm³/mol. The monoisotopic (exact) mass is 346 g/mol. The number of aromatic nitrogens is 3. The quantitative estimate of drug-likeness (QED) is 0.825. The molecule has 0 atom stereocenters. The van der Waals surface area contributed by atoms with E-state index in [1.165, 1.54) is 12.5 Å². The molecule has 0 radical (unpaired) electrons. The van der Waals surface area contributed by atoms with Crippen molar-refractivity contribution in [1.82, 2.24) is 20.1 Å². The molecule has 2 aromatic heterocycles. The molecule has 0 aliphatic carbocycles. The zero-order valence-electron chi connectivity index (χ0n) is 14.2. The Balaban J connectivity index is 1.60. The summed E-state index contributed by atoms with van der Waals surface area (Å²) >= 11 is 0. The first-order valence-electron chi connectivity index (χ1n) is 8.65. The second kappa shape index (κ2) is 7.50. The van der Waals surface area contributed by atoms with Gasteiger partial charge in [0.1, 0.15) is 23.0 Å². The Hall–Kier alpha value is -2.64. The third kappa shape index (κ3) is 3.72. The van der Waals surface area contributed by atoms with Gasteiger partial charge in [0.25, 0.3) is 5.91 Å². The van der Waals surface area contributed by atoms with Crippen molar-refractivity contribution in [3.63, 3.8) is 0 Å². The highest BCUT2D eigenvalue weighted by molar-refractivity contribution is 5.96. The summed E-state index contributed by atoms with van der Waals surface area (Å²) in [5.41, 5.74) is 0.0374. The summed E-state index contributed by atoms with van der Waals surface area (Å²) in [7, 11) is 0. The molecule has 2 N–H and O–H groups in total. The maximum atomic E-state index is 12.2. The number of hydrogen-bond donors (Lipinski definition) is 2. The lowest BCUT2D eigenvalue weighted by atomic mass is 10.2. The number of carboxylic acid groups (broad SMARTS) is 1. The summed E-state index contributed by atoms with van der Waals surface area (Å²) in [6.07, 6.45) is 5.40. The second-order valence-corrected chi connectivity index (χ2v) is 6.11. The molecule has 2 aromatic rings. The van der Waals surface area contributed by atoms with Crippen molar-refractivity contribution in [3.05, 3.63) is 34.8 Å². The fourth-order valence-electron chi connectivity index (χ4n) is 3.09. The highest BCUT2D eigenvalue weighted by atomic mass is 16.4. The molecule has 8 heteroatoms. The molecule has 0 fully saturated rings. The van der Waals surface area contributed by atoms with Gasteiger partial charge in [-0.3, -0.25) is 4.79 Å². The van der Waals surface area contributed by atoms with E-state index in [0.29, 0.717) is 25.1 Å².